The second-order valence-electron chi connectivity index (χ2n) is 5.79. The maximum atomic E-state index is 13.6. The molecule has 0 amide bonds. The smallest absolute Gasteiger partial charge is 0.165 e. The average molecular weight is 364 g/mol. The Morgan fingerprint density at radius 3 is 2.60 bits per heavy atom. The van der Waals surface area contributed by atoms with E-state index in [1.165, 1.54) is 13.2 Å². The molecule has 0 atom stereocenters. The lowest BCUT2D eigenvalue weighted by Gasteiger charge is -2.23. The van der Waals surface area contributed by atoms with Crippen molar-refractivity contribution in [3.8, 4) is 5.75 Å². The number of benzene rings is 2. The highest BCUT2D eigenvalue weighted by Gasteiger charge is 2.13. The SMILES string of the molecule is CCN(C)C=Nc1cc(C)c(N(C)c2ccc(F)c(OC)c2)cc1Cl. The summed E-state index contributed by atoms with van der Waals surface area (Å²) in [5.41, 5.74) is 3.45. The van der Waals surface area contributed by atoms with E-state index < -0.39 is 0 Å². The van der Waals surface area contributed by atoms with Crippen LogP contribution in [-0.2, 0) is 0 Å². The van der Waals surface area contributed by atoms with E-state index in [1.807, 2.05) is 49.9 Å². The van der Waals surface area contributed by atoms with Gasteiger partial charge in [0.2, 0.25) is 0 Å². The predicted octanol–water partition coefficient (Wildman–Crippen LogP) is 5.18. The molecular formula is C19H23ClFN3O. The minimum absolute atomic E-state index is 0.205. The molecule has 4 nitrogen and oxygen atoms in total. The predicted molar refractivity (Wildman–Crippen MR) is 104 cm³/mol. The first-order valence-electron chi connectivity index (χ1n) is 7.99. The molecule has 2 aromatic rings. The van der Waals surface area contributed by atoms with Crippen molar-refractivity contribution >= 4 is 35.0 Å². The molecule has 134 valence electrons. The summed E-state index contributed by atoms with van der Waals surface area (Å²) in [4.78, 5) is 8.34. The molecule has 0 saturated carbocycles. The van der Waals surface area contributed by atoms with Gasteiger partial charge in [0.15, 0.2) is 11.6 Å². The minimum Gasteiger partial charge on any atom is -0.494 e. The van der Waals surface area contributed by atoms with Gasteiger partial charge in [-0.25, -0.2) is 9.38 Å². The summed E-state index contributed by atoms with van der Waals surface area (Å²) in [5, 5.41) is 0.558. The Kier molecular flexibility index (Phi) is 6.26. The molecule has 2 aromatic carbocycles. The average Bonchev–Trinajstić information content (AvgIpc) is 2.61. The molecule has 25 heavy (non-hydrogen) atoms. The zero-order chi connectivity index (χ0) is 18.6. The number of hydrogen-bond donors (Lipinski definition) is 0. The number of ether oxygens (including phenoxy) is 1. The summed E-state index contributed by atoms with van der Waals surface area (Å²) in [7, 11) is 5.30. The van der Waals surface area contributed by atoms with Crippen molar-refractivity contribution in [2.45, 2.75) is 13.8 Å². The largest absolute Gasteiger partial charge is 0.494 e. The van der Waals surface area contributed by atoms with Crippen LogP contribution in [0.3, 0.4) is 0 Å². The zero-order valence-corrected chi connectivity index (χ0v) is 15.9. The Bertz CT molecular complexity index is 780. The maximum absolute atomic E-state index is 13.6. The number of anilines is 2. The van der Waals surface area contributed by atoms with Crippen LogP contribution >= 0.6 is 11.6 Å². The van der Waals surface area contributed by atoms with Crippen LogP contribution in [0.2, 0.25) is 5.02 Å². The van der Waals surface area contributed by atoms with Gasteiger partial charge in [-0.2, -0.15) is 0 Å². The molecule has 0 N–H and O–H groups in total. The first kappa shape index (κ1) is 19.1. The van der Waals surface area contributed by atoms with E-state index in [1.54, 1.807) is 18.5 Å². The fourth-order valence-corrected chi connectivity index (χ4v) is 2.56. The highest BCUT2D eigenvalue weighted by atomic mass is 35.5. The van der Waals surface area contributed by atoms with Gasteiger partial charge in [0.1, 0.15) is 0 Å². The number of halogens is 2. The van der Waals surface area contributed by atoms with Crippen LogP contribution in [0.5, 0.6) is 5.75 Å². The zero-order valence-electron chi connectivity index (χ0n) is 15.2. The molecule has 0 aliphatic rings. The van der Waals surface area contributed by atoms with Crippen molar-refractivity contribution in [2.24, 2.45) is 4.99 Å². The number of methoxy groups -OCH3 is 1. The van der Waals surface area contributed by atoms with Gasteiger partial charge in [-0.3, -0.25) is 0 Å². The van der Waals surface area contributed by atoms with Crippen molar-refractivity contribution in [3.63, 3.8) is 0 Å². The summed E-state index contributed by atoms with van der Waals surface area (Å²) in [6.07, 6.45) is 1.76. The Morgan fingerprint density at radius 1 is 1.24 bits per heavy atom. The molecule has 0 radical (unpaired) electrons. The van der Waals surface area contributed by atoms with Gasteiger partial charge in [-0.05, 0) is 43.7 Å². The topological polar surface area (TPSA) is 28.1 Å². The molecular weight excluding hydrogens is 341 g/mol. The highest BCUT2D eigenvalue weighted by Crippen LogP contribution is 2.36. The van der Waals surface area contributed by atoms with Crippen molar-refractivity contribution < 1.29 is 9.13 Å². The fourth-order valence-electron chi connectivity index (χ4n) is 2.35. The molecule has 0 unspecified atom stereocenters. The van der Waals surface area contributed by atoms with E-state index in [-0.39, 0.29) is 11.6 Å². The summed E-state index contributed by atoms with van der Waals surface area (Å²) in [6.45, 7) is 4.91. The van der Waals surface area contributed by atoms with Gasteiger partial charge in [0.25, 0.3) is 0 Å². The fraction of sp³-hybridized carbons (Fsp3) is 0.316. The third-order valence-electron chi connectivity index (χ3n) is 4.04. The second-order valence-corrected chi connectivity index (χ2v) is 6.19. The summed E-state index contributed by atoms with van der Waals surface area (Å²) in [5.74, 6) is -0.184. The van der Waals surface area contributed by atoms with E-state index in [2.05, 4.69) is 4.99 Å². The molecule has 6 heteroatoms. The number of aliphatic imine (C=N–C) groups is 1. The second kappa shape index (κ2) is 8.21. The lowest BCUT2D eigenvalue weighted by molar-refractivity contribution is 0.386. The van der Waals surface area contributed by atoms with Crippen LogP contribution in [0, 0.1) is 12.7 Å². The summed E-state index contributed by atoms with van der Waals surface area (Å²) in [6, 6.07) is 8.56. The quantitative estimate of drug-likeness (QED) is 0.523. The van der Waals surface area contributed by atoms with Crippen LogP contribution in [0.4, 0.5) is 21.5 Å². The molecule has 0 aliphatic heterocycles. The monoisotopic (exact) mass is 363 g/mol. The number of hydrogen-bond acceptors (Lipinski definition) is 3. The number of rotatable bonds is 6. The molecule has 0 bridgehead atoms. The van der Waals surface area contributed by atoms with E-state index in [0.29, 0.717) is 10.7 Å². The van der Waals surface area contributed by atoms with Gasteiger partial charge in [-0.15, -0.1) is 0 Å². The molecule has 0 saturated heterocycles. The Balaban J connectivity index is 2.36. The molecule has 0 aliphatic carbocycles. The van der Waals surface area contributed by atoms with Crippen LogP contribution in [0.1, 0.15) is 12.5 Å². The Hall–Kier alpha value is -2.27. The van der Waals surface area contributed by atoms with E-state index >= 15 is 0 Å². The molecule has 2 rings (SSSR count). The van der Waals surface area contributed by atoms with Crippen molar-refractivity contribution in [3.05, 3.63) is 46.7 Å². The number of aryl methyl sites for hydroxylation is 1. The normalized spacial score (nSPS) is 11.0. The Morgan fingerprint density at radius 2 is 1.96 bits per heavy atom. The van der Waals surface area contributed by atoms with Gasteiger partial charge in [-0.1, -0.05) is 11.6 Å². The van der Waals surface area contributed by atoms with Crippen LogP contribution < -0.4 is 9.64 Å². The van der Waals surface area contributed by atoms with E-state index in [4.69, 9.17) is 16.3 Å². The first-order valence-corrected chi connectivity index (χ1v) is 8.37. The number of nitrogens with zero attached hydrogens (tertiary/aromatic N) is 3. The van der Waals surface area contributed by atoms with Gasteiger partial charge in [0.05, 0.1) is 24.2 Å². The summed E-state index contributed by atoms with van der Waals surface area (Å²) >= 11 is 6.40. The van der Waals surface area contributed by atoms with E-state index in [9.17, 15) is 4.39 Å². The van der Waals surface area contributed by atoms with Crippen LogP contribution in [0.25, 0.3) is 0 Å². The maximum Gasteiger partial charge on any atom is 0.165 e. The van der Waals surface area contributed by atoms with Crippen LogP contribution in [0.15, 0.2) is 35.3 Å². The molecule has 0 heterocycles. The lowest BCUT2D eigenvalue weighted by atomic mass is 10.1. The standard InChI is InChI=1S/C19H23ClFN3O/c1-6-23(3)12-22-17-9-13(2)18(11-15(17)20)24(4)14-7-8-16(21)19(10-14)25-5/h7-12H,6H2,1-5H3. The first-order chi connectivity index (χ1) is 11.9. The Labute approximate surface area is 153 Å². The molecule has 0 spiro atoms. The third-order valence-corrected chi connectivity index (χ3v) is 4.34. The van der Waals surface area contributed by atoms with Crippen molar-refractivity contribution in [1.29, 1.82) is 0 Å². The lowest BCUT2D eigenvalue weighted by Crippen LogP contribution is -2.14. The third kappa shape index (κ3) is 4.42. The van der Waals surface area contributed by atoms with E-state index in [0.717, 1.165) is 23.5 Å². The van der Waals surface area contributed by atoms with Gasteiger partial charge in [0, 0.05) is 38.1 Å². The minimum atomic E-state index is -0.390. The van der Waals surface area contributed by atoms with Crippen molar-refractivity contribution in [2.75, 3.05) is 32.6 Å². The van der Waals surface area contributed by atoms with Gasteiger partial charge >= 0.3 is 0 Å². The van der Waals surface area contributed by atoms with Gasteiger partial charge < -0.3 is 14.5 Å². The van der Waals surface area contributed by atoms with Crippen LogP contribution in [-0.4, -0.2) is 39.0 Å². The van der Waals surface area contributed by atoms with Crippen molar-refractivity contribution in [1.82, 2.24) is 4.90 Å². The molecule has 0 fully saturated rings. The highest BCUT2D eigenvalue weighted by molar-refractivity contribution is 6.33. The molecule has 0 aromatic heterocycles. The summed E-state index contributed by atoms with van der Waals surface area (Å²) < 4.78 is 18.7.